The quantitative estimate of drug-likeness (QED) is 0.470. The number of carbonyl (C=O) groups is 3. The molecule has 2 aromatic carbocycles. The van der Waals surface area contributed by atoms with Gasteiger partial charge in [0.05, 0.1) is 19.3 Å². The van der Waals surface area contributed by atoms with Crippen molar-refractivity contribution in [3.63, 3.8) is 0 Å². The van der Waals surface area contributed by atoms with E-state index in [0.29, 0.717) is 17.0 Å². The normalized spacial score (nSPS) is 19.3. The van der Waals surface area contributed by atoms with Crippen molar-refractivity contribution >= 4 is 35.4 Å². The first kappa shape index (κ1) is 29.6. The van der Waals surface area contributed by atoms with E-state index in [1.807, 2.05) is 12.1 Å². The standard InChI is InChI=1S/C29H35F2N3O5S/c1-28(2,3)39-27(37)33-22-17-40-24-10-7-19(25(35)32-20-11-13-29(30,31)14-12-20)15-23(24)34(26(22)36)16-18-5-8-21(38-4)9-6-18/h5-10,15,20,22H,11-14,16-17H2,1-4H3,(H,32,35)(H,33,37)/t22-/m0/s1. The largest absolute Gasteiger partial charge is 0.497 e. The Balaban J connectivity index is 1.60. The summed E-state index contributed by atoms with van der Waals surface area (Å²) in [4.78, 5) is 41.8. The van der Waals surface area contributed by atoms with E-state index >= 15 is 0 Å². The number of alkyl halides is 2. The fourth-order valence-corrected chi connectivity index (χ4v) is 5.68. The Hall–Kier alpha value is -3.34. The van der Waals surface area contributed by atoms with Gasteiger partial charge in [-0.15, -0.1) is 11.8 Å². The average molecular weight is 576 g/mol. The zero-order valence-corrected chi connectivity index (χ0v) is 23.9. The molecule has 0 saturated heterocycles. The van der Waals surface area contributed by atoms with E-state index in [4.69, 9.17) is 9.47 Å². The van der Waals surface area contributed by atoms with Gasteiger partial charge in [0, 0.05) is 35.1 Å². The third kappa shape index (κ3) is 7.65. The molecule has 0 spiro atoms. The lowest BCUT2D eigenvalue weighted by atomic mass is 9.92. The number of nitrogens with zero attached hydrogens (tertiary/aromatic N) is 1. The van der Waals surface area contributed by atoms with Crippen LogP contribution in [-0.2, 0) is 16.1 Å². The van der Waals surface area contributed by atoms with Gasteiger partial charge in [-0.2, -0.15) is 0 Å². The molecule has 1 aliphatic carbocycles. The molecule has 4 rings (SSSR count). The first-order valence-corrected chi connectivity index (χ1v) is 14.2. The number of ether oxygens (including phenoxy) is 2. The molecule has 2 N–H and O–H groups in total. The van der Waals surface area contributed by atoms with Crippen LogP contribution in [0, 0.1) is 0 Å². The second-order valence-corrected chi connectivity index (χ2v) is 12.1. The molecule has 40 heavy (non-hydrogen) atoms. The monoisotopic (exact) mass is 575 g/mol. The van der Waals surface area contributed by atoms with Crippen LogP contribution in [0.1, 0.15) is 62.4 Å². The minimum Gasteiger partial charge on any atom is -0.497 e. The van der Waals surface area contributed by atoms with Crippen LogP contribution in [0.5, 0.6) is 5.75 Å². The Bertz CT molecular complexity index is 1240. The summed E-state index contributed by atoms with van der Waals surface area (Å²) >= 11 is 1.39. The van der Waals surface area contributed by atoms with Gasteiger partial charge in [0.1, 0.15) is 17.4 Å². The lowest BCUT2D eigenvalue weighted by Gasteiger charge is -2.29. The minimum atomic E-state index is -2.69. The van der Waals surface area contributed by atoms with Crippen molar-refractivity contribution in [2.75, 3.05) is 17.8 Å². The van der Waals surface area contributed by atoms with E-state index in [-0.39, 0.29) is 55.8 Å². The first-order valence-electron chi connectivity index (χ1n) is 13.2. The molecule has 2 aromatic rings. The van der Waals surface area contributed by atoms with Crippen LogP contribution >= 0.6 is 11.8 Å². The zero-order chi connectivity index (χ0) is 29.1. The molecule has 1 fully saturated rings. The summed E-state index contributed by atoms with van der Waals surface area (Å²) in [6, 6.07) is 11.1. The van der Waals surface area contributed by atoms with Gasteiger partial charge in [-0.1, -0.05) is 12.1 Å². The molecule has 0 unspecified atom stereocenters. The molecular formula is C29H35F2N3O5S. The molecule has 8 nitrogen and oxygen atoms in total. The molecule has 1 atom stereocenters. The smallest absolute Gasteiger partial charge is 0.408 e. The van der Waals surface area contributed by atoms with E-state index in [9.17, 15) is 23.2 Å². The minimum absolute atomic E-state index is 0.186. The number of anilines is 1. The summed E-state index contributed by atoms with van der Waals surface area (Å²) in [5.74, 6) is -2.47. The fraction of sp³-hybridized carbons (Fsp3) is 0.483. The highest BCUT2D eigenvalue weighted by atomic mass is 32.2. The Kier molecular flexibility index (Phi) is 8.92. The number of halogens is 2. The number of amides is 3. The number of carbonyl (C=O) groups excluding carboxylic acids is 3. The summed E-state index contributed by atoms with van der Waals surface area (Å²) in [5.41, 5.74) is 0.943. The number of hydrogen-bond donors (Lipinski definition) is 2. The Labute approximate surface area is 237 Å². The van der Waals surface area contributed by atoms with Crippen LogP contribution in [0.2, 0.25) is 0 Å². The maximum absolute atomic E-state index is 13.8. The summed E-state index contributed by atoms with van der Waals surface area (Å²) in [7, 11) is 1.57. The van der Waals surface area contributed by atoms with Crippen LogP contribution in [0.3, 0.4) is 0 Å². The van der Waals surface area contributed by atoms with E-state index in [1.54, 1.807) is 63.1 Å². The number of hydrogen-bond acceptors (Lipinski definition) is 6. The van der Waals surface area contributed by atoms with Gasteiger partial charge in [0.25, 0.3) is 11.8 Å². The predicted molar refractivity (Wildman–Crippen MR) is 149 cm³/mol. The molecule has 216 valence electrons. The van der Waals surface area contributed by atoms with Gasteiger partial charge < -0.3 is 25.0 Å². The number of fused-ring (bicyclic) bond motifs is 1. The van der Waals surface area contributed by atoms with Crippen molar-refractivity contribution in [2.45, 2.75) is 81.5 Å². The molecule has 0 bridgehead atoms. The van der Waals surface area contributed by atoms with Crippen molar-refractivity contribution in [3.05, 3.63) is 53.6 Å². The number of thioether (sulfide) groups is 1. The van der Waals surface area contributed by atoms with Crippen LogP contribution in [-0.4, -0.2) is 54.4 Å². The molecule has 0 aromatic heterocycles. The summed E-state index contributed by atoms with van der Waals surface area (Å²) in [6.07, 6.45) is -0.789. The SMILES string of the molecule is COc1ccc(CN2C(=O)[C@@H](NC(=O)OC(C)(C)C)CSc3ccc(C(=O)NC4CCC(F)(F)CC4)cc32)cc1. The first-order chi connectivity index (χ1) is 18.8. The zero-order valence-electron chi connectivity index (χ0n) is 23.1. The number of methoxy groups -OCH3 is 1. The van der Waals surface area contributed by atoms with Gasteiger partial charge in [0.15, 0.2) is 0 Å². The number of alkyl carbamates (subject to hydrolysis) is 1. The summed E-state index contributed by atoms with van der Waals surface area (Å²) in [6.45, 7) is 5.42. The van der Waals surface area contributed by atoms with E-state index in [0.717, 1.165) is 10.5 Å². The molecule has 3 amide bonds. The molecule has 1 heterocycles. The Morgan fingerprint density at radius 3 is 2.38 bits per heavy atom. The van der Waals surface area contributed by atoms with Crippen LogP contribution in [0.25, 0.3) is 0 Å². The third-order valence-electron chi connectivity index (χ3n) is 6.72. The molecule has 1 saturated carbocycles. The van der Waals surface area contributed by atoms with Crippen molar-refractivity contribution in [2.24, 2.45) is 0 Å². The predicted octanol–water partition coefficient (Wildman–Crippen LogP) is 5.54. The topological polar surface area (TPSA) is 97.0 Å². The lowest BCUT2D eigenvalue weighted by molar-refractivity contribution is -0.120. The highest BCUT2D eigenvalue weighted by Gasteiger charge is 2.36. The van der Waals surface area contributed by atoms with Gasteiger partial charge >= 0.3 is 6.09 Å². The molecule has 2 aliphatic rings. The number of benzene rings is 2. The third-order valence-corrected chi connectivity index (χ3v) is 7.88. The van der Waals surface area contributed by atoms with Crippen molar-refractivity contribution in [1.82, 2.24) is 10.6 Å². The number of nitrogens with one attached hydrogen (secondary N) is 2. The second-order valence-electron chi connectivity index (χ2n) is 11.1. The van der Waals surface area contributed by atoms with Crippen LogP contribution in [0.15, 0.2) is 47.4 Å². The van der Waals surface area contributed by atoms with Crippen molar-refractivity contribution < 1.29 is 32.6 Å². The van der Waals surface area contributed by atoms with Crippen LogP contribution in [0.4, 0.5) is 19.3 Å². The number of rotatable bonds is 6. The van der Waals surface area contributed by atoms with Gasteiger partial charge in [-0.3, -0.25) is 9.59 Å². The van der Waals surface area contributed by atoms with Crippen LogP contribution < -0.4 is 20.3 Å². The Morgan fingerprint density at radius 2 is 1.75 bits per heavy atom. The molecule has 0 radical (unpaired) electrons. The fourth-order valence-electron chi connectivity index (χ4n) is 4.63. The van der Waals surface area contributed by atoms with Gasteiger partial charge in [-0.25, -0.2) is 13.6 Å². The molecule has 11 heteroatoms. The maximum Gasteiger partial charge on any atom is 0.408 e. The van der Waals surface area contributed by atoms with E-state index in [2.05, 4.69) is 10.6 Å². The highest BCUT2D eigenvalue weighted by molar-refractivity contribution is 7.99. The average Bonchev–Trinajstić information content (AvgIpc) is 3.01. The lowest BCUT2D eigenvalue weighted by Crippen LogP contribution is -2.50. The van der Waals surface area contributed by atoms with Crippen molar-refractivity contribution in [3.8, 4) is 5.75 Å². The Morgan fingerprint density at radius 1 is 1.07 bits per heavy atom. The second kappa shape index (κ2) is 12.0. The van der Waals surface area contributed by atoms with Crippen molar-refractivity contribution in [1.29, 1.82) is 0 Å². The molecule has 1 aliphatic heterocycles. The van der Waals surface area contributed by atoms with E-state index in [1.165, 1.54) is 11.8 Å². The van der Waals surface area contributed by atoms with Gasteiger partial charge in [0.2, 0.25) is 5.92 Å². The van der Waals surface area contributed by atoms with Gasteiger partial charge in [-0.05, 0) is 69.5 Å². The van der Waals surface area contributed by atoms with E-state index < -0.39 is 23.7 Å². The summed E-state index contributed by atoms with van der Waals surface area (Å²) in [5, 5.41) is 5.57. The highest BCUT2D eigenvalue weighted by Crippen LogP contribution is 2.37. The molecular weight excluding hydrogens is 540 g/mol. The maximum atomic E-state index is 13.8. The summed E-state index contributed by atoms with van der Waals surface area (Å²) < 4.78 is 37.7.